The third kappa shape index (κ3) is 1.81. The van der Waals surface area contributed by atoms with Crippen LogP contribution in [0.15, 0.2) is 28.7 Å². The lowest BCUT2D eigenvalue weighted by Crippen LogP contribution is -2.33. The fourth-order valence-corrected chi connectivity index (χ4v) is 1.77. The molecule has 1 N–H and O–H groups in total. The van der Waals surface area contributed by atoms with Crippen molar-refractivity contribution in [2.75, 3.05) is 11.4 Å². The number of halogens is 1. The summed E-state index contributed by atoms with van der Waals surface area (Å²) < 4.78 is 0.944. The van der Waals surface area contributed by atoms with Crippen molar-refractivity contribution in [3.05, 3.63) is 28.7 Å². The first-order chi connectivity index (χ1) is 7.22. The quantitative estimate of drug-likeness (QED) is 0.843. The molecule has 1 fully saturated rings. The number of rotatable bonds is 1. The van der Waals surface area contributed by atoms with Gasteiger partial charge < -0.3 is 5.32 Å². The second-order valence-electron chi connectivity index (χ2n) is 3.18. The van der Waals surface area contributed by atoms with Gasteiger partial charge in [-0.1, -0.05) is 15.9 Å². The highest BCUT2D eigenvalue weighted by molar-refractivity contribution is 9.10. The van der Waals surface area contributed by atoms with Crippen LogP contribution < -0.4 is 10.2 Å². The number of carbonyl (C=O) groups is 1. The number of nitrogens with zero attached hydrogens (tertiary/aromatic N) is 2. The molecular formula is C10H8BrN3O. The smallest absolute Gasteiger partial charge is 0.323 e. The van der Waals surface area contributed by atoms with E-state index >= 15 is 0 Å². The van der Waals surface area contributed by atoms with Crippen LogP contribution in [0.5, 0.6) is 0 Å². The lowest BCUT2D eigenvalue weighted by atomic mass is 10.2. The topological polar surface area (TPSA) is 56.1 Å². The molecule has 1 aliphatic rings. The Balaban J connectivity index is 2.33. The van der Waals surface area contributed by atoms with Crippen LogP contribution in [0.1, 0.15) is 0 Å². The largest absolute Gasteiger partial charge is 0.334 e. The summed E-state index contributed by atoms with van der Waals surface area (Å²) in [5.74, 6) is 0. The van der Waals surface area contributed by atoms with Crippen LogP contribution in [0.25, 0.3) is 0 Å². The lowest BCUT2D eigenvalue weighted by Gasteiger charge is -2.17. The van der Waals surface area contributed by atoms with E-state index in [1.165, 1.54) is 4.90 Å². The molecule has 0 aromatic heterocycles. The zero-order valence-electron chi connectivity index (χ0n) is 7.77. The fourth-order valence-electron chi connectivity index (χ4n) is 1.50. The Labute approximate surface area is 95.6 Å². The molecule has 0 radical (unpaired) electrons. The number of anilines is 1. The molecule has 0 bridgehead atoms. The van der Waals surface area contributed by atoms with Gasteiger partial charge in [0.25, 0.3) is 0 Å². The lowest BCUT2D eigenvalue weighted by molar-refractivity contribution is 0.252. The molecule has 1 heterocycles. The van der Waals surface area contributed by atoms with E-state index in [0.717, 1.165) is 10.2 Å². The average molecular weight is 266 g/mol. The SMILES string of the molecule is N#CC1CNC(=O)N1c1ccc(Br)cc1. The average Bonchev–Trinajstić information content (AvgIpc) is 2.61. The van der Waals surface area contributed by atoms with Gasteiger partial charge in [-0.2, -0.15) is 5.26 Å². The summed E-state index contributed by atoms with van der Waals surface area (Å²) in [7, 11) is 0. The minimum atomic E-state index is -0.418. The highest BCUT2D eigenvalue weighted by Crippen LogP contribution is 2.22. The summed E-state index contributed by atoms with van der Waals surface area (Å²) in [5.41, 5.74) is 0.736. The Morgan fingerprint density at radius 3 is 2.73 bits per heavy atom. The van der Waals surface area contributed by atoms with Crippen LogP contribution in [0.4, 0.5) is 10.5 Å². The van der Waals surface area contributed by atoms with E-state index in [9.17, 15) is 4.79 Å². The molecule has 1 aromatic carbocycles. The van der Waals surface area contributed by atoms with E-state index in [0.29, 0.717) is 6.54 Å². The molecule has 76 valence electrons. The normalized spacial score (nSPS) is 19.9. The molecular weight excluding hydrogens is 258 g/mol. The molecule has 2 rings (SSSR count). The highest BCUT2D eigenvalue weighted by Gasteiger charge is 2.31. The number of hydrogen-bond acceptors (Lipinski definition) is 2. The van der Waals surface area contributed by atoms with Gasteiger partial charge >= 0.3 is 6.03 Å². The summed E-state index contributed by atoms with van der Waals surface area (Å²) >= 11 is 3.32. The Morgan fingerprint density at radius 1 is 1.47 bits per heavy atom. The van der Waals surface area contributed by atoms with Gasteiger partial charge in [-0.25, -0.2) is 4.79 Å². The van der Waals surface area contributed by atoms with Crippen molar-refractivity contribution in [2.45, 2.75) is 6.04 Å². The molecule has 0 saturated carbocycles. The Morgan fingerprint density at radius 2 is 2.13 bits per heavy atom. The van der Waals surface area contributed by atoms with Crippen LogP contribution in [-0.2, 0) is 0 Å². The van der Waals surface area contributed by atoms with Crippen molar-refractivity contribution >= 4 is 27.6 Å². The summed E-state index contributed by atoms with van der Waals surface area (Å²) in [6.45, 7) is 0.380. The number of carbonyl (C=O) groups excluding carboxylic acids is 1. The molecule has 15 heavy (non-hydrogen) atoms. The molecule has 1 aliphatic heterocycles. The molecule has 0 spiro atoms. The maximum Gasteiger partial charge on any atom is 0.323 e. The molecule has 1 atom stereocenters. The molecule has 1 unspecified atom stereocenters. The summed E-state index contributed by atoms with van der Waals surface area (Å²) in [6.07, 6.45) is 0. The van der Waals surface area contributed by atoms with Crippen LogP contribution in [0.2, 0.25) is 0 Å². The number of hydrogen-bond donors (Lipinski definition) is 1. The summed E-state index contributed by atoms with van der Waals surface area (Å²) in [5, 5.41) is 11.5. The van der Waals surface area contributed by atoms with Crippen molar-refractivity contribution < 1.29 is 4.79 Å². The van der Waals surface area contributed by atoms with Gasteiger partial charge in [-0.15, -0.1) is 0 Å². The summed E-state index contributed by atoms with van der Waals surface area (Å²) in [4.78, 5) is 12.9. The fraction of sp³-hybridized carbons (Fsp3) is 0.200. The monoisotopic (exact) mass is 265 g/mol. The molecule has 1 aromatic rings. The van der Waals surface area contributed by atoms with Gasteiger partial charge in [0, 0.05) is 10.2 Å². The van der Waals surface area contributed by atoms with Gasteiger partial charge in [0.05, 0.1) is 12.6 Å². The Hall–Kier alpha value is -1.54. The first kappa shape index (κ1) is 9.99. The third-order valence-corrected chi connectivity index (χ3v) is 2.76. The maximum absolute atomic E-state index is 11.5. The number of amides is 2. The van der Waals surface area contributed by atoms with Crippen molar-refractivity contribution in [3.8, 4) is 6.07 Å². The second-order valence-corrected chi connectivity index (χ2v) is 4.09. The Bertz CT molecular complexity index is 423. The first-order valence-electron chi connectivity index (χ1n) is 4.44. The van der Waals surface area contributed by atoms with Crippen LogP contribution in [-0.4, -0.2) is 18.6 Å². The van der Waals surface area contributed by atoms with Crippen LogP contribution in [0, 0.1) is 11.3 Å². The molecule has 4 nitrogen and oxygen atoms in total. The number of nitriles is 1. The predicted octanol–water partition coefficient (Wildman–Crippen LogP) is 1.87. The summed E-state index contributed by atoms with van der Waals surface area (Å²) in [6, 6.07) is 8.75. The van der Waals surface area contributed by atoms with Gasteiger partial charge in [-0.3, -0.25) is 4.90 Å². The van der Waals surface area contributed by atoms with E-state index in [1.54, 1.807) is 12.1 Å². The van der Waals surface area contributed by atoms with E-state index in [1.807, 2.05) is 12.1 Å². The number of benzene rings is 1. The third-order valence-electron chi connectivity index (χ3n) is 2.23. The zero-order chi connectivity index (χ0) is 10.8. The van der Waals surface area contributed by atoms with Crippen molar-refractivity contribution in [1.82, 2.24) is 5.32 Å². The predicted molar refractivity (Wildman–Crippen MR) is 59.4 cm³/mol. The molecule has 5 heteroatoms. The van der Waals surface area contributed by atoms with Gasteiger partial charge in [0.15, 0.2) is 0 Å². The minimum Gasteiger partial charge on any atom is -0.334 e. The first-order valence-corrected chi connectivity index (χ1v) is 5.24. The van der Waals surface area contributed by atoms with E-state index in [2.05, 4.69) is 27.3 Å². The maximum atomic E-state index is 11.5. The van der Waals surface area contributed by atoms with E-state index < -0.39 is 6.04 Å². The standard InChI is InChI=1S/C10H8BrN3O/c11-7-1-3-8(4-2-7)14-9(5-12)6-13-10(14)15/h1-4,9H,6H2,(H,13,15). The Kier molecular flexibility index (Phi) is 2.60. The van der Waals surface area contributed by atoms with E-state index in [-0.39, 0.29) is 6.03 Å². The van der Waals surface area contributed by atoms with Crippen LogP contribution in [0.3, 0.4) is 0 Å². The van der Waals surface area contributed by atoms with Gasteiger partial charge in [0.1, 0.15) is 6.04 Å². The molecule has 1 saturated heterocycles. The van der Waals surface area contributed by atoms with Crippen molar-refractivity contribution in [2.24, 2.45) is 0 Å². The van der Waals surface area contributed by atoms with Crippen LogP contribution >= 0.6 is 15.9 Å². The minimum absolute atomic E-state index is 0.219. The zero-order valence-corrected chi connectivity index (χ0v) is 9.36. The van der Waals surface area contributed by atoms with Crippen molar-refractivity contribution in [3.63, 3.8) is 0 Å². The number of nitrogens with one attached hydrogen (secondary N) is 1. The highest BCUT2D eigenvalue weighted by atomic mass is 79.9. The molecule has 0 aliphatic carbocycles. The number of urea groups is 1. The van der Waals surface area contributed by atoms with Gasteiger partial charge in [-0.05, 0) is 24.3 Å². The van der Waals surface area contributed by atoms with Crippen molar-refractivity contribution in [1.29, 1.82) is 5.26 Å². The molecule has 2 amide bonds. The van der Waals surface area contributed by atoms with E-state index in [4.69, 9.17) is 5.26 Å². The van der Waals surface area contributed by atoms with Gasteiger partial charge in [0.2, 0.25) is 0 Å². The second kappa shape index (κ2) is 3.91.